The van der Waals surface area contributed by atoms with Crippen molar-refractivity contribution in [2.24, 2.45) is 0 Å². The standard InChI is InChI=1S/C29H22N4O2/c1-34-26-13-7-10-23(29(26)35-20-21-8-3-2-4-9-21)15-17-28-32-24-11-5-6-12-25(24)33(28)27-16-14-22(18-30)19-31-27/h2-17,19H,20H2,1H3. The van der Waals surface area contributed by atoms with Crippen molar-refractivity contribution < 1.29 is 9.47 Å². The first-order valence-electron chi connectivity index (χ1n) is 11.1. The summed E-state index contributed by atoms with van der Waals surface area (Å²) in [5.74, 6) is 2.71. The Bertz CT molecular complexity index is 1530. The summed E-state index contributed by atoms with van der Waals surface area (Å²) in [5.41, 5.74) is 4.22. The molecule has 2 heterocycles. The zero-order chi connectivity index (χ0) is 24.0. The van der Waals surface area contributed by atoms with Crippen molar-refractivity contribution in [3.63, 3.8) is 0 Å². The lowest BCUT2D eigenvalue weighted by Crippen LogP contribution is -2.01. The number of hydrogen-bond donors (Lipinski definition) is 0. The quantitative estimate of drug-likeness (QED) is 0.297. The highest BCUT2D eigenvalue weighted by Crippen LogP contribution is 2.33. The van der Waals surface area contributed by atoms with Crippen LogP contribution < -0.4 is 9.47 Å². The maximum absolute atomic E-state index is 9.14. The van der Waals surface area contributed by atoms with Crippen molar-refractivity contribution in [2.45, 2.75) is 6.61 Å². The summed E-state index contributed by atoms with van der Waals surface area (Å²) in [5, 5.41) is 9.14. The van der Waals surface area contributed by atoms with Crippen LogP contribution in [0, 0.1) is 11.3 Å². The van der Waals surface area contributed by atoms with Gasteiger partial charge in [0.05, 0.1) is 23.7 Å². The van der Waals surface area contributed by atoms with Gasteiger partial charge in [-0.2, -0.15) is 5.26 Å². The molecule has 0 saturated carbocycles. The Kier molecular flexibility index (Phi) is 6.23. The van der Waals surface area contributed by atoms with Crippen LogP contribution in [0.3, 0.4) is 0 Å². The van der Waals surface area contributed by atoms with Crippen molar-refractivity contribution in [3.05, 3.63) is 114 Å². The lowest BCUT2D eigenvalue weighted by molar-refractivity contribution is 0.284. The van der Waals surface area contributed by atoms with Crippen LogP contribution in [0.5, 0.6) is 11.5 Å². The fourth-order valence-corrected chi connectivity index (χ4v) is 3.85. The first-order valence-corrected chi connectivity index (χ1v) is 11.1. The first-order chi connectivity index (χ1) is 17.3. The summed E-state index contributed by atoms with van der Waals surface area (Å²) in [6, 6.07) is 29.4. The zero-order valence-electron chi connectivity index (χ0n) is 19.1. The Morgan fingerprint density at radius 2 is 1.74 bits per heavy atom. The second-order valence-electron chi connectivity index (χ2n) is 7.80. The number of aromatic nitrogens is 3. The summed E-state index contributed by atoms with van der Waals surface area (Å²) in [4.78, 5) is 9.30. The van der Waals surface area contributed by atoms with Crippen molar-refractivity contribution in [1.82, 2.24) is 14.5 Å². The normalized spacial score (nSPS) is 11.0. The van der Waals surface area contributed by atoms with Gasteiger partial charge in [-0.25, -0.2) is 9.97 Å². The van der Waals surface area contributed by atoms with E-state index in [9.17, 15) is 0 Å². The van der Waals surface area contributed by atoms with Crippen LogP contribution in [0.25, 0.3) is 29.0 Å². The average molecular weight is 459 g/mol. The van der Waals surface area contributed by atoms with Crippen LogP contribution in [0.4, 0.5) is 0 Å². The third kappa shape index (κ3) is 4.61. The van der Waals surface area contributed by atoms with E-state index in [0.29, 0.717) is 35.3 Å². The molecule has 3 aromatic carbocycles. The summed E-state index contributed by atoms with van der Waals surface area (Å²) in [7, 11) is 1.63. The van der Waals surface area contributed by atoms with E-state index in [1.807, 2.05) is 95.6 Å². The lowest BCUT2D eigenvalue weighted by Gasteiger charge is -2.13. The second kappa shape index (κ2) is 9.94. The van der Waals surface area contributed by atoms with E-state index in [1.165, 1.54) is 0 Å². The van der Waals surface area contributed by atoms with Crippen LogP contribution in [-0.2, 0) is 6.61 Å². The van der Waals surface area contributed by atoms with Crippen molar-refractivity contribution in [1.29, 1.82) is 5.26 Å². The molecule has 0 aliphatic rings. The highest BCUT2D eigenvalue weighted by atomic mass is 16.5. The fraction of sp³-hybridized carbons (Fsp3) is 0.0690. The SMILES string of the molecule is COc1cccc(C=Cc2nc3ccccc3n2-c2ccc(C#N)cn2)c1OCc1ccccc1. The first kappa shape index (κ1) is 21.9. The predicted molar refractivity (Wildman–Crippen MR) is 136 cm³/mol. The molecule has 0 aliphatic carbocycles. The van der Waals surface area contributed by atoms with Gasteiger partial charge >= 0.3 is 0 Å². The van der Waals surface area contributed by atoms with Gasteiger partial charge in [-0.3, -0.25) is 4.57 Å². The van der Waals surface area contributed by atoms with E-state index < -0.39 is 0 Å². The molecule has 0 fully saturated rings. The van der Waals surface area contributed by atoms with E-state index in [4.69, 9.17) is 19.7 Å². The number of rotatable bonds is 7. The molecule has 0 bridgehead atoms. The molecule has 6 nitrogen and oxygen atoms in total. The molecule has 0 unspecified atom stereocenters. The average Bonchev–Trinajstić information content (AvgIpc) is 3.29. The molecular formula is C29H22N4O2. The third-order valence-electron chi connectivity index (χ3n) is 5.56. The molecule has 0 amide bonds. The molecule has 170 valence electrons. The molecule has 0 N–H and O–H groups in total. The molecule has 0 spiro atoms. The Labute approximate surface area is 203 Å². The molecular weight excluding hydrogens is 436 g/mol. The minimum atomic E-state index is 0.426. The number of pyridine rings is 1. The van der Waals surface area contributed by atoms with Crippen LogP contribution in [0.1, 0.15) is 22.5 Å². The van der Waals surface area contributed by atoms with E-state index >= 15 is 0 Å². The molecule has 0 radical (unpaired) electrons. The molecule has 0 aliphatic heterocycles. The molecule has 5 aromatic rings. The topological polar surface area (TPSA) is 73.0 Å². The minimum absolute atomic E-state index is 0.426. The largest absolute Gasteiger partial charge is 0.493 e. The maximum Gasteiger partial charge on any atom is 0.168 e. The van der Waals surface area contributed by atoms with E-state index in [2.05, 4.69) is 11.1 Å². The lowest BCUT2D eigenvalue weighted by atomic mass is 10.1. The van der Waals surface area contributed by atoms with Crippen molar-refractivity contribution in [3.8, 4) is 23.4 Å². The van der Waals surface area contributed by atoms with Gasteiger partial charge in [-0.05, 0) is 48.0 Å². The van der Waals surface area contributed by atoms with Gasteiger partial charge in [0.25, 0.3) is 0 Å². The number of imidazole rings is 1. The Balaban J connectivity index is 1.54. The van der Waals surface area contributed by atoms with Gasteiger partial charge in [0.15, 0.2) is 11.5 Å². The highest BCUT2D eigenvalue weighted by Gasteiger charge is 2.13. The molecule has 6 heteroatoms. The van der Waals surface area contributed by atoms with Crippen molar-refractivity contribution >= 4 is 23.2 Å². The number of nitriles is 1. The van der Waals surface area contributed by atoms with Crippen LogP contribution in [-0.4, -0.2) is 21.6 Å². The number of nitrogens with zero attached hydrogens (tertiary/aromatic N) is 4. The number of ether oxygens (including phenoxy) is 2. The molecule has 0 saturated heterocycles. The number of benzene rings is 3. The number of para-hydroxylation sites is 3. The van der Waals surface area contributed by atoms with Gasteiger partial charge in [0, 0.05) is 11.8 Å². The zero-order valence-corrected chi connectivity index (χ0v) is 19.1. The highest BCUT2D eigenvalue weighted by molar-refractivity contribution is 5.82. The number of fused-ring (bicyclic) bond motifs is 1. The van der Waals surface area contributed by atoms with Gasteiger partial charge < -0.3 is 9.47 Å². The summed E-state index contributed by atoms with van der Waals surface area (Å²) < 4.78 is 13.7. The minimum Gasteiger partial charge on any atom is -0.493 e. The van der Waals surface area contributed by atoms with Gasteiger partial charge in [0.2, 0.25) is 0 Å². The molecule has 0 atom stereocenters. The monoisotopic (exact) mass is 458 g/mol. The van der Waals surface area contributed by atoms with E-state index in [0.717, 1.165) is 22.2 Å². The van der Waals surface area contributed by atoms with Crippen molar-refractivity contribution in [2.75, 3.05) is 7.11 Å². The molecule has 35 heavy (non-hydrogen) atoms. The van der Waals surface area contributed by atoms with E-state index in [-0.39, 0.29) is 0 Å². The van der Waals surface area contributed by atoms with Crippen LogP contribution in [0.2, 0.25) is 0 Å². The number of methoxy groups -OCH3 is 1. The Hall–Kier alpha value is -4.89. The summed E-state index contributed by atoms with van der Waals surface area (Å²) in [6.45, 7) is 0.426. The summed E-state index contributed by atoms with van der Waals surface area (Å²) in [6.07, 6.45) is 5.46. The Morgan fingerprint density at radius 3 is 2.51 bits per heavy atom. The smallest absolute Gasteiger partial charge is 0.168 e. The second-order valence-corrected chi connectivity index (χ2v) is 7.80. The van der Waals surface area contributed by atoms with Gasteiger partial charge in [-0.1, -0.05) is 54.6 Å². The van der Waals surface area contributed by atoms with Gasteiger partial charge in [-0.15, -0.1) is 0 Å². The van der Waals surface area contributed by atoms with E-state index in [1.54, 1.807) is 19.4 Å². The maximum atomic E-state index is 9.14. The Morgan fingerprint density at radius 1 is 0.914 bits per heavy atom. The fourth-order valence-electron chi connectivity index (χ4n) is 3.85. The molecule has 5 rings (SSSR count). The molecule has 2 aromatic heterocycles. The third-order valence-corrected chi connectivity index (χ3v) is 5.56. The summed E-state index contributed by atoms with van der Waals surface area (Å²) >= 11 is 0. The predicted octanol–water partition coefficient (Wildman–Crippen LogP) is 6.05. The number of hydrogen-bond acceptors (Lipinski definition) is 5. The van der Waals surface area contributed by atoms with Crippen LogP contribution in [0.15, 0.2) is 91.1 Å². The van der Waals surface area contributed by atoms with Crippen LogP contribution >= 0.6 is 0 Å². The van der Waals surface area contributed by atoms with Gasteiger partial charge in [0.1, 0.15) is 24.3 Å².